The average molecular weight is 543 g/mol. The first kappa shape index (κ1) is 36.4. The van der Waals surface area contributed by atoms with Gasteiger partial charge in [0.25, 0.3) is 0 Å². The van der Waals surface area contributed by atoms with Gasteiger partial charge in [0.1, 0.15) is 13.2 Å². The maximum atomic E-state index is 12.1. The first-order valence-corrected chi connectivity index (χ1v) is 15.6. The number of hydrogen-bond acceptors (Lipinski definition) is 7. The molecule has 0 aromatic carbocycles. The summed E-state index contributed by atoms with van der Waals surface area (Å²) in [5.41, 5.74) is 0. The van der Waals surface area contributed by atoms with E-state index in [4.69, 9.17) is 19.3 Å². The van der Waals surface area contributed by atoms with E-state index < -0.39 is 12.1 Å². The maximum Gasteiger partial charge on any atom is 0.306 e. The van der Waals surface area contributed by atoms with Crippen molar-refractivity contribution in [3.63, 3.8) is 0 Å². The molecule has 0 aliphatic heterocycles. The molecule has 0 atom stereocenters. The number of carbonyl (C=O) groups excluding carboxylic acids is 3. The van der Waals surface area contributed by atoms with Crippen molar-refractivity contribution < 1.29 is 33.7 Å². The minimum atomic E-state index is -0.833. The molecule has 7 heteroatoms. The Morgan fingerprint density at radius 3 is 1.21 bits per heavy atom. The molecule has 0 aliphatic rings. The van der Waals surface area contributed by atoms with Crippen LogP contribution >= 0.6 is 0 Å². The number of aliphatic hydroxyl groups is 1. The van der Waals surface area contributed by atoms with Gasteiger partial charge in [0, 0.05) is 25.9 Å². The van der Waals surface area contributed by atoms with Crippen LogP contribution in [0.4, 0.5) is 0 Å². The first-order chi connectivity index (χ1) is 18.5. The zero-order valence-corrected chi connectivity index (χ0v) is 24.7. The highest BCUT2D eigenvalue weighted by Gasteiger charge is 2.19. The minimum absolute atomic E-state index is 0.0613. The lowest BCUT2D eigenvalue weighted by Gasteiger charge is -2.18. The Hall–Kier alpha value is -1.63. The maximum absolute atomic E-state index is 12.1. The molecule has 0 radical (unpaired) electrons. The van der Waals surface area contributed by atoms with E-state index in [1.807, 2.05) is 0 Å². The smallest absolute Gasteiger partial charge is 0.306 e. The molecule has 0 heterocycles. The van der Waals surface area contributed by atoms with Gasteiger partial charge in [-0.3, -0.25) is 14.4 Å². The zero-order valence-electron chi connectivity index (χ0n) is 24.7. The van der Waals surface area contributed by atoms with E-state index in [1.54, 1.807) is 0 Å². The van der Waals surface area contributed by atoms with Gasteiger partial charge in [0.05, 0.1) is 0 Å². The molecule has 224 valence electrons. The highest BCUT2D eigenvalue weighted by atomic mass is 16.6. The van der Waals surface area contributed by atoms with Crippen molar-refractivity contribution in [1.82, 2.24) is 0 Å². The van der Waals surface area contributed by atoms with Crippen LogP contribution in [0.1, 0.15) is 155 Å². The van der Waals surface area contributed by atoms with E-state index in [9.17, 15) is 14.4 Å². The van der Waals surface area contributed by atoms with Gasteiger partial charge in [0.2, 0.25) is 0 Å². The molecule has 0 bridgehead atoms. The number of hydrogen-bond donors (Lipinski definition) is 1. The summed E-state index contributed by atoms with van der Waals surface area (Å²) in [5, 5.41) is 8.92. The quantitative estimate of drug-likeness (QED) is 0.0617. The second-order valence-corrected chi connectivity index (χ2v) is 10.5. The number of carbonyl (C=O) groups is 3. The SMILES string of the molecule is CCCCCCCCCCCC(=O)OCC(COC(=O)CCCCCCCCCCC)OC(=O)CCCO. The van der Waals surface area contributed by atoms with Crippen LogP contribution in [-0.2, 0) is 28.6 Å². The highest BCUT2D eigenvalue weighted by Crippen LogP contribution is 2.12. The van der Waals surface area contributed by atoms with Gasteiger partial charge in [-0.25, -0.2) is 0 Å². The van der Waals surface area contributed by atoms with Crippen molar-refractivity contribution in [3.05, 3.63) is 0 Å². The fraction of sp³-hybridized carbons (Fsp3) is 0.903. The van der Waals surface area contributed by atoms with Crippen LogP contribution < -0.4 is 0 Å². The van der Waals surface area contributed by atoms with E-state index >= 15 is 0 Å². The molecule has 7 nitrogen and oxygen atoms in total. The summed E-state index contributed by atoms with van der Waals surface area (Å²) < 4.78 is 16.0. The molecule has 0 rings (SSSR count). The summed E-state index contributed by atoms with van der Waals surface area (Å²) in [6.07, 6.45) is 21.2. The summed E-state index contributed by atoms with van der Waals surface area (Å²) in [4.78, 5) is 36.3. The molecule has 0 saturated heterocycles. The van der Waals surface area contributed by atoms with E-state index in [2.05, 4.69) is 13.8 Å². The third-order valence-corrected chi connectivity index (χ3v) is 6.67. The molecule has 38 heavy (non-hydrogen) atoms. The number of rotatable bonds is 28. The molecule has 0 aromatic heterocycles. The van der Waals surface area contributed by atoms with E-state index in [0.717, 1.165) is 38.5 Å². The third-order valence-electron chi connectivity index (χ3n) is 6.67. The highest BCUT2D eigenvalue weighted by molar-refractivity contribution is 5.71. The summed E-state index contributed by atoms with van der Waals surface area (Å²) in [5.74, 6) is -1.16. The molecule has 1 N–H and O–H groups in total. The number of esters is 3. The molecule has 0 saturated carbocycles. The topological polar surface area (TPSA) is 99.1 Å². The number of unbranched alkanes of at least 4 members (excludes halogenated alkanes) is 16. The lowest BCUT2D eigenvalue weighted by atomic mass is 10.1. The van der Waals surface area contributed by atoms with Crippen LogP contribution in [-0.4, -0.2) is 48.9 Å². The van der Waals surface area contributed by atoms with Crippen molar-refractivity contribution in [2.24, 2.45) is 0 Å². The van der Waals surface area contributed by atoms with Crippen LogP contribution in [0.2, 0.25) is 0 Å². The molecular formula is C31H58O7. The van der Waals surface area contributed by atoms with Gasteiger partial charge < -0.3 is 19.3 Å². The second kappa shape index (κ2) is 28.4. The van der Waals surface area contributed by atoms with E-state index in [0.29, 0.717) is 19.3 Å². The molecular weight excluding hydrogens is 484 g/mol. The predicted octanol–water partition coefficient (Wildman–Crippen LogP) is 7.60. The molecule has 0 amide bonds. The van der Waals surface area contributed by atoms with Gasteiger partial charge in [-0.15, -0.1) is 0 Å². The average Bonchev–Trinajstić information content (AvgIpc) is 2.91. The second-order valence-electron chi connectivity index (χ2n) is 10.5. The number of ether oxygens (including phenoxy) is 3. The Balaban J connectivity index is 4.13. The fourth-order valence-corrected chi connectivity index (χ4v) is 4.26. The number of aliphatic hydroxyl groups excluding tert-OH is 1. The predicted molar refractivity (Wildman–Crippen MR) is 152 cm³/mol. The third kappa shape index (κ3) is 26.0. The van der Waals surface area contributed by atoms with Gasteiger partial charge in [-0.1, -0.05) is 117 Å². The van der Waals surface area contributed by atoms with E-state index in [1.165, 1.54) is 77.0 Å². The van der Waals surface area contributed by atoms with Crippen LogP contribution in [0.15, 0.2) is 0 Å². The Morgan fingerprint density at radius 1 is 0.500 bits per heavy atom. The Labute approximate surface area is 232 Å². The molecule has 0 aliphatic carbocycles. The minimum Gasteiger partial charge on any atom is -0.462 e. The van der Waals surface area contributed by atoms with Crippen molar-refractivity contribution >= 4 is 17.9 Å². The van der Waals surface area contributed by atoms with Crippen LogP contribution in [0.5, 0.6) is 0 Å². The summed E-state index contributed by atoms with van der Waals surface area (Å²) >= 11 is 0. The van der Waals surface area contributed by atoms with Gasteiger partial charge >= 0.3 is 17.9 Å². The molecule has 0 spiro atoms. The first-order valence-electron chi connectivity index (χ1n) is 15.6. The molecule has 0 aromatic rings. The largest absolute Gasteiger partial charge is 0.462 e. The lowest BCUT2D eigenvalue weighted by Crippen LogP contribution is -2.31. The summed E-state index contributed by atoms with van der Waals surface area (Å²) in [6, 6.07) is 0. The van der Waals surface area contributed by atoms with Crippen LogP contribution in [0, 0.1) is 0 Å². The fourth-order valence-electron chi connectivity index (χ4n) is 4.26. The standard InChI is InChI=1S/C31H58O7/c1-3-5-7-9-11-13-15-17-19-22-29(33)36-26-28(38-31(35)24-21-25-32)27-37-30(34)23-20-18-16-14-12-10-8-6-4-2/h28,32H,3-27H2,1-2H3. The van der Waals surface area contributed by atoms with Gasteiger partial charge in [-0.2, -0.15) is 0 Å². The normalized spacial score (nSPS) is 11.1. The Bertz CT molecular complexity index is 526. The lowest BCUT2D eigenvalue weighted by molar-refractivity contribution is -0.167. The zero-order chi connectivity index (χ0) is 28.1. The van der Waals surface area contributed by atoms with Crippen LogP contribution in [0.25, 0.3) is 0 Å². The Morgan fingerprint density at radius 2 is 0.842 bits per heavy atom. The molecule has 0 unspecified atom stereocenters. The van der Waals surface area contributed by atoms with Crippen molar-refractivity contribution in [2.75, 3.05) is 19.8 Å². The van der Waals surface area contributed by atoms with Gasteiger partial charge in [-0.05, 0) is 19.3 Å². The van der Waals surface area contributed by atoms with Crippen molar-refractivity contribution in [3.8, 4) is 0 Å². The summed E-state index contributed by atoms with van der Waals surface area (Å²) in [7, 11) is 0. The Kier molecular flexibility index (Phi) is 27.2. The van der Waals surface area contributed by atoms with Gasteiger partial charge in [0.15, 0.2) is 6.10 Å². The molecule has 0 fully saturated rings. The van der Waals surface area contributed by atoms with Crippen molar-refractivity contribution in [2.45, 2.75) is 161 Å². The summed E-state index contributed by atoms with van der Waals surface area (Å²) in [6.45, 7) is 4.06. The van der Waals surface area contributed by atoms with E-state index in [-0.39, 0.29) is 38.2 Å². The van der Waals surface area contributed by atoms with Crippen LogP contribution in [0.3, 0.4) is 0 Å². The monoisotopic (exact) mass is 542 g/mol. The van der Waals surface area contributed by atoms with Crippen molar-refractivity contribution in [1.29, 1.82) is 0 Å².